The fourth-order valence-electron chi connectivity index (χ4n) is 3.10. The predicted molar refractivity (Wildman–Crippen MR) is 93.0 cm³/mol. The normalized spacial score (nSPS) is 17.4. The molecule has 1 aromatic heterocycles. The molecule has 24 heavy (non-hydrogen) atoms. The van der Waals surface area contributed by atoms with Crippen molar-refractivity contribution in [3.05, 3.63) is 41.7 Å². The summed E-state index contributed by atoms with van der Waals surface area (Å²) in [7, 11) is 0. The van der Waals surface area contributed by atoms with Gasteiger partial charge >= 0.3 is 0 Å². The van der Waals surface area contributed by atoms with Crippen LogP contribution in [0.4, 0.5) is 11.4 Å². The minimum absolute atomic E-state index is 0.125. The molecule has 0 aliphatic carbocycles. The number of carbonyl (C=O) groups excluding carboxylic acids is 2. The topological polar surface area (TPSA) is 67.2 Å². The minimum Gasteiger partial charge on any atom is -0.324 e. The number of hydrogen-bond acceptors (Lipinski definition) is 3. The summed E-state index contributed by atoms with van der Waals surface area (Å²) in [6.07, 6.45) is 1.49. The van der Waals surface area contributed by atoms with Gasteiger partial charge in [0.25, 0.3) is 0 Å². The molecule has 1 saturated heterocycles. The molecule has 1 fully saturated rings. The summed E-state index contributed by atoms with van der Waals surface area (Å²) in [5.41, 5.74) is 3.44. The first-order valence-corrected chi connectivity index (χ1v) is 8.17. The number of nitrogens with one attached hydrogen (secondary N) is 1. The standard InChI is InChI=1S/C18H22N4O2/c1-12-10-14(3)21(20-12)11-17(23)19-15-5-7-16(8-6-15)22-13(2)4-9-18(22)24/h5-8,10,13H,4,9,11H2,1-3H3,(H,19,23). The lowest BCUT2D eigenvalue weighted by Crippen LogP contribution is -2.30. The Morgan fingerprint density at radius 1 is 1.29 bits per heavy atom. The third kappa shape index (κ3) is 3.32. The van der Waals surface area contributed by atoms with Crippen LogP contribution in [0, 0.1) is 13.8 Å². The van der Waals surface area contributed by atoms with Crippen LogP contribution >= 0.6 is 0 Å². The number of nitrogens with zero attached hydrogens (tertiary/aromatic N) is 3. The van der Waals surface area contributed by atoms with Gasteiger partial charge in [-0.2, -0.15) is 5.10 Å². The fourth-order valence-corrected chi connectivity index (χ4v) is 3.10. The molecule has 126 valence electrons. The number of hydrogen-bond donors (Lipinski definition) is 1. The van der Waals surface area contributed by atoms with E-state index in [9.17, 15) is 9.59 Å². The highest BCUT2D eigenvalue weighted by atomic mass is 16.2. The average molecular weight is 326 g/mol. The highest BCUT2D eigenvalue weighted by Crippen LogP contribution is 2.27. The Labute approximate surface area is 141 Å². The van der Waals surface area contributed by atoms with Gasteiger partial charge in [-0.1, -0.05) is 0 Å². The van der Waals surface area contributed by atoms with E-state index in [1.165, 1.54) is 0 Å². The van der Waals surface area contributed by atoms with E-state index in [0.29, 0.717) is 12.1 Å². The van der Waals surface area contributed by atoms with Crippen LogP contribution in [0.5, 0.6) is 0 Å². The number of benzene rings is 1. The molecule has 0 spiro atoms. The molecule has 0 radical (unpaired) electrons. The SMILES string of the molecule is Cc1cc(C)n(CC(=O)Nc2ccc(N3C(=O)CCC3C)cc2)n1. The Kier molecular flexibility index (Phi) is 4.38. The van der Waals surface area contributed by atoms with E-state index < -0.39 is 0 Å². The first-order valence-electron chi connectivity index (χ1n) is 8.17. The molecule has 1 atom stereocenters. The largest absolute Gasteiger partial charge is 0.324 e. The third-order valence-corrected chi connectivity index (χ3v) is 4.31. The van der Waals surface area contributed by atoms with Gasteiger partial charge in [0.15, 0.2) is 0 Å². The van der Waals surface area contributed by atoms with Gasteiger partial charge < -0.3 is 10.2 Å². The van der Waals surface area contributed by atoms with E-state index in [2.05, 4.69) is 17.3 Å². The maximum Gasteiger partial charge on any atom is 0.246 e. The van der Waals surface area contributed by atoms with Crippen LogP contribution in [-0.4, -0.2) is 27.6 Å². The van der Waals surface area contributed by atoms with Gasteiger partial charge in [-0.3, -0.25) is 14.3 Å². The van der Waals surface area contributed by atoms with Crippen molar-refractivity contribution in [2.75, 3.05) is 10.2 Å². The zero-order chi connectivity index (χ0) is 17.3. The lowest BCUT2D eigenvalue weighted by Gasteiger charge is -2.22. The molecule has 1 unspecified atom stereocenters. The second-order valence-corrected chi connectivity index (χ2v) is 6.33. The monoisotopic (exact) mass is 326 g/mol. The maximum atomic E-state index is 12.2. The Hall–Kier alpha value is -2.63. The summed E-state index contributed by atoms with van der Waals surface area (Å²) < 4.78 is 1.68. The molecule has 6 nitrogen and oxygen atoms in total. The van der Waals surface area contributed by atoms with Gasteiger partial charge in [-0.25, -0.2) is 0 Å². The van der Waals surface area contributed by atoms with E-state index in [-0.39, 0.29) is 24.4 Å². The smallest absolute Gasteiger partial charge is 0.246 e. The Balaban J connectivity index is 1.65. The van der Waals surface area contributed by atoms with E-state index in [1.807, 2.05) is 49.1 Å². The number of aromatic nitrogens is 2. The molecule has 0 bridgehead atoms. The fraction of sp³-hybridized carbons (Fsp3) is 0.389. The molecular formula is C18H22N4O2. The van der Waals surface area contributed by atoms with Crippen molar-refractivity contribution in [1.82, 2.24) is 9.78 Å². The van der Waals surface area contributed by atoms with Crippen molar-refractivity contribution in [1.29, 1.82) is 0 Å². The maximum absolute atomic E-state index is 12.2. The quantitative estimate of drug-likeness (QED) is 0.939. The molecule has 0 saturated carbocycles. The van der Waals surface area contributed by atoms with Crippen LogP contribution in [0.1, 0.15) is 31.2 Å². The average Bonchev–Trinajstić information content (AvgIpc) is 3.02. The Morgan fingerprint density at radius 3 is 2.54 bits per heavy atom. The van der Waals surface area contributed by atoms with E-state index >= 15 is 0 Å². The third-order valence-electron chi connectivity index (χ3n) is 4.31. The lowest BCUT2D eigenvalue weighted by atomic mass is 10.2. The number of anilines is 2. The van der Waals surface area contributed by atoms with E-state index in [1.54, 1.807) is 4.68 Å². The predicted octanol–water partition coefficient (Wildman–Crippen LogP) is 2.65. The first-order chi connectivity index (χ1) is 11.4. The van der Waals surface area contributed by atoms with Gasteiger partial charge in [0.2, 0.25) is 11.8 Å². The lowest BCUT2D eigenvalue weighted by molar-refractivity contribution is -0.117. The van der Waals surface area contributed by atoms with Crippen molar-refractivity contribution < 1.29 is 9.59 Å². The zero-order valence-electron chi connectivity index (χ0n) is 14.2. The minimum atomic E-state index is -0.125. The number of rotatable bonds is 4. The molecule has 2 aromatic rings. The van der Waals surface area contributed by atoms with Gasteiger partial charge in [-0.15, -0.1) is 0 Å². The van der Waals surface area contributed by atoms with Crippen LogP contribution in [0.15, 0.2) is 30.3 Å². The van der Waals surface area contributed by atoms with Gasteiger partial charge in [0.05, 0.1) is 5.69 Å². The van der Waals surface area contributed by atoms with E-state index in [0.717, 1.165) is 23.5 Å². The number of aryl methyl sites for hydroxylation is 2. The highest BCUT2D eigenvalue weighted by Gasteiger charge is 2.28. The summed E-state index contributed by atoms with van der Waals surface area (Å²) in [5.74, 6) is 0.0309. The molecule has 2 heterocycles. The summed E-state index contributed by atoms with van der Waals surface area (Å²) in [6, 6.07) is 9.57. The van der Waals surface area contributed by atoms with Gasteiger partial charge in [0.1, 0.15) is 6.54 Å². The zero-order valence-corrected chi connectivity index (χ0v) is 14.2. The van der Waals surface area contributed by atoms with Gasteiger partial charge in [-0.05, 0) is 57.5 Å². The molecule has 3 rings (SSSR count). The van der Waals surface area contributed by atoms with Crippen molar-refractivity contribution in [3.8, 4) is 0 Å². The molecule has 1 N–H and O–H groups in total. The van der Waals surface area contributed by atoms with Crippen molar-refractivity contribution >= 4 is 23.2 Å². The van der Waals surface area contributed by atoms with E-state index in [4.69, 9.17) is 0 Å². The molecule has 1 aliphatic heterocycles. The Morgan fingerprint density at radius 2 is 2.00 bits per heavy atom. The van der Waals surface area contributed by atoms with Crippen LogP contribution < -0.4 is 10.2 Å². The number of carbonyl (C=O) groups is 2. The van der Waals surface area contributed by atoms with Crippen LogP contribution in [0.25, 0.3) is 0 Å². The summed E-state index contributed by atoms with van der Waals surface area (Å²) in [4.78, 5) is 25.9. The second kappa shape index (κ2) is 6.47. The summed E-state index contributed by atoms with van der Waals surface area (Å²) in [6.45, 7) is 6.06. The highest BCUT2D eigenvalue weighted by molar-refractivity contribution is 5.96. The Bertz CT molecular complexity index is 764. The van der Waals surface area contributed by atoms with Gasteiger partial charge in [0, 0.05) is 29.5 Å². The summed E-state index contributed by atoms with van der Waals surface area (Å²) >= 11 is 0. The van der Waals surface area contributed by atoms with Crippen molar-refractivity contribution in [2.45, 2.75) is 46.2 Å². The molecular weight excluding hydrogens is 304 g/mol. The first kappa shape index (κ1) is 16.2. The number of amides is 2. The second-order valence-electron chi connectivity index (χ2n) is 6.33. The molecule has 2 amide bonds. The van der Waals surface area contributed by atoms with Crippen LogP contribution in [-0.2, 0) is 16.1 Å². The molecule has 6 heteroatoms. The van der Waals surface area contributed by atoms with Crippen molar-refractivity contribution in [2.24, 2.45) is 0 Å². The molecule has 1 aromatic carbocycles. The summed E-state index contributed by atoms with van der Waals surface area (Å²) in [5, 5.41) is 7.15. The van der Waals surface area contributed by atoms with Crippen LogP contribution in [0.3, 0.4) is 0 Å². The van der Waals surface area contributed by atoms with Crippen LogP contribution in [0.2, 0.25) is 0 Å². The van der Waals surface area contributed by atoms with Crippen molar-refractivity contribution in [3.63, 3.8) is 0 Å². The molecule has 1 aliphatic rings.